The Labute approximate surface area is 199 Å². The molecule has 1 aliphatic carbocycles. The minimum atomic E-state index is -5.92. The van der Waals surface area contributed by atoms with Crippen molar-refractivity contribution in [2.75, 3.05) is 6.61 Å². The van der Waals surface area contributed by atoms with Crippen molar-refractivity contribution in [3.8, 4) is 0 Å². The van der Waals surface area contributed by atoms with Crippen molar-refractivity contribution in [3.05, 3.63) is 12.2 Å². The number of rotatable bonds is 11. The standard InChI is InChI=1S/C19H23F10NO4S/c1-11(17(22,23)24)13(31)34-16(18(25,26)27,14(32)30-12-7-3-2-4-8-12)33-10-6-5-9-15(20,21)19(28,29)35/h12,35H,1-10H2,(H,30,32). The molecule has 0 aliphatic heterocycles. The molecule has 0 bridgehead atoms. The molecule has 35 heavy (non-hydrogen) atoms. The van der Waals surface area contributed by atoms with Crippen LogP contribution in [0.25, 0.3) is 0 Å². The van der Waals surface area contributed by atoms with Crippen LogP contribution in [0.5, 0.6) is 0 Å². The Kier molecular flexibility index (Phi) is 10.3. The van der Waals surface area contributed by atoms with Gasteiger partial charge >= 0.3 is 41.2 Å². The zero-order valence-electron chi connectivity index (χ0n) is 18.0. The van der Waals surface area contributed by atoms with Gasteiger partial charge in [0, 0.05) is 12.5 Å². The summed E-state index contributed by atoms with van der Waals surface area (Å²) >= 11 is 2.44. The number of nitrogens with one attached hydrogen (secondary N) is 1. The quantitative estimate of drug-likeness (QED) is 0.0864. The summed E-state index contributed by atoms with van der Waals surface area (Å²) in [7, 11) is 0. The maximum absolute atomic E-state index is 14.0. The summed E-state index contributed by atoms with van der Waals surface area (Å²) in [6.45, 7) is 1.04. The lowest BCUT2D eigenvalue weighted by Crippen LogP contribution is -2.63. The number of halogens is 10. The van der Waals surface area contributed by atoms with E-state index < -0.39 is 78.7 Å². The second-order valence-electron chi connectivity index (χ2n) is 7.84. The van der Waals surface area contributed by atoms with Gasteiger partial charge in [-0.2, -0.15) is 43.9 Å². The number of amides is 1. The summed E-state index contributed by atoms with van der Waals surface area (Å²) < 4.78 is 140. The fraction of sp³-hybridized carbons (Fsp3) is 0.789. The van der Waals surface area contributed by atoms with E-state index >= 15 is 0 Å². The number of hydrogen-bond acceptors (Lipinski definition) is 5. The third-order valence-corrected chi connectivity index (χ3v) is 5.40. The molecule has 1 amide bonds. The Morgan fingerprint density at radius 1 is 0.914 bits per heavy atom. The average Bonchev–Trinajstić information content (AvgIpc) is 2.70. The van der Waals surface area contributed by atoms with E-state index in [9.17, 15) is 53.5 Å². The Hall–Kier alpha value is -1.71. The van der Waals surface area contributed by atoms with Crippen LogP contribution >= 0.6 is 12.6 Å². The number of carbonyl (C=O) groups excluding carboxylic acids is 2. The predicted octanol–water partition coefficient (Wildman–Crippen LogP) is 5.70. The number of alkyl halides is 10. The Morgan fingerprint density at radius 3 is 1.91 bits per heavy atom. The van der Waals surface area contributed by atoms with E-state index in [2.05, 4.69) is 28.7 Å². The lowest BCUT2D eigenvalue weighted by Gasteiger charge is -2.35. The van der Waals surface area contributed by atoms with Gasteiger partial charge in [0.05, 0.1) is 6.61 Å². The minimum absolute atomic E-state index is 0.232. The van der Waals surface area contributed by atoms with E-state index in [0.29, 0.717) is 12.8 Å². The van der Waals surface area contributed by atoms with Crippen LogP contribution in [0.15, 0.2) is 12.2 Å². The van der Waals surface area contributed by atoms with Crippen LogP contribution in [0.1, 0.15) is 51.4 Å². The number of carbonyl (C=O) groups is 2. The molecule has 1 N–H and O–H groups in total. The maximum atomic E-state index is 14.0. The van der Waals surface area contributed by atoms with E-state index in [-0.39, 0.29) is 12.8 Å². The predicted molar refractivity (Wildman–Crippen MR) is 104 cm³/mol. The summed E-state index contributed by atoms with van der Waals surface area (Å²) in [4.78, 5) is 24.4. The van der Waals surface area contributed by atoms with Crippen LogP contribution in [0.2, 0.25) is 0 Å². The summed E-state index contributed by atoms with van der Waals surface area (Å²) in [5, 5.41) is -2.79. The second kappa shape index (κ2) is 11.6. The molecule has 1 saturated carbocycles. The molecule has 0 saturated heterocycles. The van der Waals surface area contributed by atoms with E-state index in [1.165, 1.54) is 0 Å². The van der Waals surface area contributed by atoms with Gasteiger partial charge in [-0.05, 0) is 25.7 Å². The molecular formula is C19H23F10NO4S. The van der Waals surface area contributed by atoms with Gasteiger partial charge < -0.3 is 14.8 Å². The van der Waals surface area contributed by atoms with Gasteiger partial charge in [-0.25, -0.2) is 4.79 Å². The third-order valence-electron chi connectivity index (χ3n) is 5.07. The Balaban J connectivity index is 3.11. The van der Waals surface area contributed by atoms with Crippen molar-refractivity contribution in [1.29, 1.82) is 0 Å². The van der Waals surface area contributed by atoms with Crippen molar-refractivity contribution in [2.24, 2.45) is 0 Å². The Bertz CT molecular complexity index is 760. The molecule has 1 fully saturated rings. The highest BCUT2D eigenvalue weighted by molar-refractivity contribution is 7.81. The maximum Gasteiger partial charge on any atom is 0.466 e. The number of ether oxygens (including phenoxy) is 2. The van der Waals surface area contributed by atoms with Crippen LogP contribution in [0.3, 0.4) is 0 Å². The van der Waals surface area contributed by atoms with Crippen LogP contribution < -0.4 is 5.32 Å². The molecule has 1 rings (SSSR count). The molecule has 0 heterocycles. The minimum Gasteiger partial charge on any atom is -0.412 e. The molecule has 0 radical (unpaired) electrons. The van der Waals surface area contributed by atoms with Gasteiger partial charge in [-0.3, -0.25) is 4.79 Å². The topological polar surface area (TPSA) is 64.6 Å². The normalized spacial score (nSPS) is 18.0. The number of hydrogen-bond donors (Lipinski definition) is 2. The zero-order valence-corrected chi connectivity index (χ0v) is 18.9. The average molecular weight is 551 g/mol. The molecule has 204 valence electrons. The molecule has 0 aromatic heterocycles. The molecule has 1 atom stereocenters. The molecule has 1 aliphatic rings. The van der Waals surface area contributed by atoms with E-state index in [4.69, 9.17) is 0 Å². The van der Waals surface area contributed by atoms with Crippen LogP contribution in [0.4, 0.5) is 43.9 Å². The van der Waals surface area contributed by atoms with Gasteiger partial charge in [-0.15, -0.1) is 0 Å². The molecule has 1 unspecified atom stereocenters. The van der Waals surface area contributed by atoms with Crippen LogP contribution in [-0.2, 0) is 19.1 Å². The molecule has 0 aromatic rings. The number of esters is 1. The van der Waals surface area contributed by atoms with Gasteiger partial charge in [0.1, 0.15) is 5.57 Å². The van der Waals surface area contributed by atoms with Crippen LogP contribution in [0, 0.1) is 0 Å². The zero-order chi connectivity index (χ0) is 27.3. The SMILES string of the molecule is C=C(C(=O)OC(OCCCCC(F)(F)C(F)(F)S)(C(=O)NC1CCCCC1)C(F)(F)F)C(F)(F)F. The van der Waals surface area contributed by atoms with Gasteiger partial charge in [0.2, 0.25) is 0 Å². The smallest absolute Gasteiger partial charge is 0.412 e. The second-order valence-corrected chi connectivity index (χ2v) is 8.40. The van der Waals surface area contributed by atoms with Crippen molar-refractivity contribution < 1.29 is 63.0 Å². The Morgan fingerprint density at radius 2 is 1.46 bits per heavy atom. The summed E-state index contributed by atoms with van der Waals surface area (Å²) in [5.41, 5.74) is -2.36. The summed E-state index contributed by atoms with van der Waals surface area (Å²) in [6, 6.07) is -0.831. The first-order chi connectivity index (χ1) is 15.7. The van der Waals surface area contributed by atoms with Crippen molar-refractivity contribution in [1.82, 2.24) is 5.32 Å². The van der Waals surface area contributed by atoms with Crippen molar-refractivity contribution in [2.45, 2.75) is 86.7 Å². The first-order valence-electron chi connectivity index (χ1n) is 10.2. The van der Waals surface area contributed by atoms with Gasteiger partial charge in [0.15, 0.2) is 0 Å². The highest BCUT2D eigenvalue weighted by Gasteiger charge is 2.67. The number of unbranched alkanes of at least 4 members (excludes halogenated alkanes) is 1. The first-order valence-corrected chi connectivity index (χ1v) is 10.7. The highest BCUT2D eigenvalue weighted by Crippen LogP contribution is 2.41. The molecule has 0 aromatic carbocycles. The van der Waals surface area contributed by atoms with E-state index in [1.807, 2.05) is 5.32 Å². The van der Waals surface area contributed by atoms with Crippen molar-refractivity contribution in [3.63, 3.8) is 0 Å². The number of thiol groups is 1. The third kappa shape index (κ3) is 8.43. The monoisotopic (exact) mass is 551 g/mol. The van der Waals surface area contributed by atoms with Gasteiger partial charge in [0.25, 0.3) is 0 Å². The molecular weight excluding hydrogens is 528 g/mol. The van der Waals surface area contributed by atoms with Crippen LogP contribution in [-0.4, -0.2) is 53.8 Å². The van der Waals surface area contributed by atoms with Gasteiger partial charge in [-0.1, -0.05) is 38.5 Å². The largest absolute Gasteiger partial charge is 0.466 e. The molecule has 16 heteroatoms. The van der Waals surface area contributed by atoms with E-state index in [0.717, 1.165) is 6.42 Å². The molecule has 0 spiro atoms. The fourth-order valence-corrected chi connectivity index (χ4v) is 3.17. The lowest BCUT2D eigenvalue weighted by atomic mass is 9.95. The van der Waals surface area contributed by atoms with E-state index in [1.54, 1.807) is 0 Å². The summed E-state index contributed by atoms with van der Waals surface area (Å²) in [5.74, 6) is -14.0. The van der Waals surface area contributed by atoms with Crippen molar-refractivity contribution >= 4 is 24.5 Å². The lowest BCUT2D eigenvalue weighted by molar-refractivity contribution is -0.348. The fourth-order valence-electron chi connectivity index (χ4n) is 3.06. The highest BCUT2D eigenvalue weighted by atomic mass is 32.1. The summed E-state index contributed by atoms with van der Waals surface area (Å²) in [6.07, 6.45) is -12.4. The molecule has 5 nitrogen and oxygen atoms in total. The first kappa shape index (κ1) is 31.3.